The maximum Gasteiger partial charge on any atom is 0.0834 e. The van der Waals surface area contributed by atoms with Gasteiger partial charge in [0.2, 0.25) is 0 Å². The van der Waals surface area contributed by atoms with Gasteiger partial charge < -0.3 is 0 Å². The van der Waals surface area contributed by atoms with Crippen LogP contribution >= 0.6 is 11.6 Å². The molecule has 0 aromatic carbocycles. The van der Waals surface area contributed by atoms with Crippen LogP contribution in [0.5, 0.6) is 0 Å². The van der Waals surface area contributed by atoms with Gasteiger partial charge >= 0.3 is 0 Å². The number of hydrogen-bond acceptors (Lipinski definition) is 3. The van der Waals surface area contributed by atoms with Crippen LogP contribution in [0, 0.1) is 17.8 Å². The van der Waals surface area contributed by atoms with Crippen LogP contribution in [0.25, 0.3) is 0 Å². The minimum atomic E-state index is 0.0931. The molecule has 21 heavy (non-hydrogen) atoms. The number of hydrogen-bond donors (Lipinski definition) is 2. The molecule has 1 fully saturated rings. The molecule has 3 N–H and O–H groups in total. The van der Waals surface area contributed by atoms with Gasteiger partial charge in [0.25, 0.3) is 0 Å². The van der Waals surface area contributed by atoms with Gasteiger partial charge in [0.1, 0.15) is 0 Å². The fourth-order valence-corrected chi connectivity index (χ4v) is 3.88. The average Bonchev–Trinajstić information content (AvgIpc) is 2.83. The van der Waals surface area contributed by atoms with E-state index in [1.807, 2.05) is 4.68 Å². The molecule has 0 spiro atoms. The predicted octanol–water partition coefficient (Wildman–Crippen LogP) is 4.08. The summed E-state index contributed by atoms with van der Waals surface area (Å²) in [4.78, 5) is 0. The molecule has 120 valence electrons. The molecule has 1 aliphatic rings. The number of rotatable bonds is 5. The summed E-state index contributed by atoms with van der Waals surface area (Å²) in [5.41, 5.74) is 4.05. The number of nitrogens with one attached hydrogen (secondary N) is 1. The molecule has 1 heterocycles. The zero-order valence-corrected chi connectivity index (χ0v) is 14.4. The van der Waals surface area contributed by atoms with Crippen molar-refractivity contribution in [1.29, 1.82) is 0 Å². The molecule has 1 aromatic rings. The molecule has 2 rings (SSSR count). The Bertz CT molecular complexity index is 447. The Labute approximate surface area is 133 Å². The number of nitrogens with zero attached hydrogens (tertiary/aromatic N) is 2. The summed E-state index contributed by atoms with van der Waals surface area (Å²) in [6.07, 6.45) is 6.72. The van der Waals surface area contributed by atoms with Crippen LogP contribution in [-0.4, -0.2) is 9.78 Å². The van der Waals surface area contributed by atoms with Crippen molar-refractivity contribution in [2.24, 2.45) is 23.6 Å². The Morgan fingerprint density at radius 2 is 1.76 bits per heavy atom. The lowest BCUT2D eigenvalue weighted by Crippen LogP contribution is -2.37. The lowest BCUT2D eigenvalue weighted by Gasteiger charge is -2.35. The van der Waals surface area contributed by atoms with Gasteiger partial charge in [-0.15, -0.1) is 0 Å². The lowest BCUT2D eigenvalue weighted by atomic mass is 9.74. The molecule has 4 nitrogen and oxygen atoms in total. The van der Waals surface area contributed by atoms with Crippen LogP contribution in [0.15, 0.2) is 6.20 Å². The van der Waals surface area contributed by atoms with Crippen molar-refractivity contribution in [3.8, 4) is 0 Å². The lowest BCUT2D eigenvalue weighted by molar-refractivity contribution is 0.184. The highest BCUT2D eigenvalue weighted by molar-refractivity contribution is 6.31. The van der Waals surface area contributed by atoms with E-state index in [4.69, 9.17) is 17.4 Å². The molecular formula is C16H29ClN4. The molecule has 0 saturated heterocycles. The third-order valence-electron chi connectivity index (χ3n) is 4.98. The molecule has 0 bridgehead atoms. The first kappa shape index (κ1) is 16.8. The van der Waals surface area contributed by atoms with E-state index in [9.17, 15) is 0 Å². The molecule has 1 unspecified atom stereocenters. The minimum absolute atomic E-state index is 0.0931. The Balaban J connectivity index is 2.16. The highest BCUT2D eigenvalue weighted by Crippen LogP contribution is 2.41. The van der Waals surface area contributed by atoms with Crippen LogP contribution in [0.4, 0.5) is 0 Å². The van der Waals surface area contributed by atoms with Crippen LogP contribution in [0.3, 0.4) is 0 Å². The summed E-state index contributed by atoms with van der Waals surface area (Å²) >= 11 is 6.38. The van der Waals surface area contributed by atoms with Gasteiger partial charge in [0.05, 0.1) is 23.0 Å². The molecule has 1 saturated carbocycles. The first-order chi connectivity index (χ1) is 9.95. The zero-order chi connectivity index (χ0) is 15.6. The zero-order valence-electron chi connectivity index (χ0n) is 13.6. The number of nitrogens with two attached hydrogens (primary N) is 1. The topological polar surface area (TPSA) is 55.9 Å². The van der Waals surface area contributed by atoms with Crippen molar-refractivity contribution in [2.75, 3.05) is 0 Å². The van der Waals surface area contributed by atoms with E-state index in [1.54, 1.807) is 6.20 Å². The van der Waals surface area contributed by atoms with Crippen molar-refractivity contribution in [3.63, 3.8) is 0 Å². The molecule has 1 aliphatic carbocycles. The maximum absolute atomic E-state index is 6.38. The number of halogens is 1. The Hall–Kier alpha value is -0.580. The van der Waals surface area contributed by atoms with Crippen molar-refractivity contribution in [2.45, 2.75) is 65.5 Å². The Kier molecular flexibility index (Phi) is 5.69. The van der Waals surface area contributed by atoms with Gasteiger partial charge in [-0.25, -0.2) is 0 Å². The van der Waals surface area contributed by atoms with Gasteiger partial charge in [0, 0.05) is 6.04 Å². The van der Waals surface area contributed by atoms with Crippen LogP contribution in [-0.2, 0) is 0 Å². The normalized spacial score (nSPS) is 24.8. The second-order valence-corrected chi connectivity index (χ2v) is 7.39. The van der Waals surface area contributed by atoms with Crippen molar-refractivity contribution < 1.29 is 0 Å². The summed E-state index contributed by atoms with van der Waals surface area (Å²) in [6, 6.07) is 0.380. The second kappa shape index (κ2) is 7.12. The molecule has 0 radical (unpaired) electrons. The number of aromatic nitrogens is 2. The van der Waals surface area contributed by atoms with Gasteiger partial charge in [0.15, 0.2) is 0 Å². The van der Waals surface area contributed by atoms with E-state index in [0.29, 0.717) is 5.92 Å². The van der Waals surface area contributed by atoms with E-state index in [2.05, 4.69) is 38.2 Å². The average molecular weight is 313 g/mol. The smallest absolute Gasteiger partial charge is 0.0834 e. The fourth-order valence-electron chi connectivity index (χ4n) is 3.64. The quantitative estimate of drug-likeness (QED) is 0.636. The predicted molar refractivity (Wildman–Crippen MR) is 88.0 cm³/mol. The monoisotopic (exact) mass is 312 g/mol. The molecule has 1 aromatic heterocycles. The van der Waals surface area contributed by atoms with Crippen LogP contribution in [0.1, 0.15) is 71.2 Å². The van der Waals surface area contributed by atoms with E-state index in [1.165, 1.54) is 25.7 Å². The first-order valence-electron chi connectivity index (χ1n) is 8.14. The SMILES string of the molecule is CC(C)C1CCC(C(NN)c2c(Cl)cnn2C(C)C)CC1. The third-order valence-corrected chi connectivity index (χ3v) is 5.27. The highest BCUT2D eigenvalue weighted by atomic mass is 35.5. The fraction of sp³-hybridized carbons (Fsp3) is 0.812. The van der Waals surface area contributed by atoms with Gasteiger partial charge in [-0.3, -0.25) is 16.0 Å². The number of hydrazine groups is 1. The first-order valence-corrected chi connectivity index (χ1v) is 8.52. The van der Waals surface area contributed by atoms with E-state index >= 15 is 0 Å². The summed E-state index contributed by atoms with van der Waals surface area (Å²) in [5, 5.41) is 5.13. The molecular weight excluding hydrogens is 284 g/mol. The van der Waals surface area contributed by atoms with Crippen molar-refractivity contribution in [3.05, 3.63) is 16.9 Å². The maximum atomic E-state index is 6.38. The van der Waals surface area contributed by atoms with Gasteiger partial charge in [-0.2, -0.15) is 5.10 Å². The summed E-state index contributed by atoms with van der Waals surface area (Å²) < 4.78 is 2.00. The molecule has 0 aliphatic heterocycles. The van der Waals surface area contributed by atoms with E-state index < -0.39 is 0 Å². The van der Waals surface area contributed by atoms with E-state index in [-0.39, 0.29) is 12.1 Å². The highest BCUT2D eigenvalue weighted by Gasteiger charge is 2.32. The van der Waals surface area contributed by atoms with Gasteiger partial charge in [-0.1, -0.05) is 25.4 Å². The molecule has 5 heteroatoms. The van der Waals surface area contributed by atoms with Gasteiger partial charge in [-0.05, 0) is 57.3 Å². The summed E-state index contributed by atoms with van der Waals surface area (Å²) in [6.45, 7) is 8.90. The third kappa shape index (κ3) is 3.61. The molecule has 0 amide bonds. The second-order valence-electron chi connectivity index (χ2n) is 6.98. The van der Waals surface area contributed by atoms with Crippen LogP contribution < -0.4 is 11.3 Å². The Morgan fingerprint density at radius 3 is 2.24 bits per heavy atom. The largest absolute Gasteiger partial charge is 0.271 e. The van der Waals surface area contributed by atoms with Crippen molar-refractivity contribution in [1.82, 2.24) is 15.2 Å². The van der Waals surface area contributed by atoms with E-state index in [0.717, 1.165) is 22.6 Å². The van der Waals surface area contributed by atoms with Crippen molar-refractivity contribution >= 4 is 11.6 Å². The van der Waals surface area contributed by atoms with Crippen LogP contribution in [0.2, 0.25) is 5.02 Å². The Morgan fingerprint density at radius 1 is 1.19 bits per heavy atom. The minimum Gasteiger partial charge on any atom is -0.271 e. The summed E-state index contributed by atoms with van der Waals surface area (Å²) in [5.74, 6) is 8.05. The molecule has 1 atom stereocenters. The standard InChI is InChI=1S/C16H29ClN4/c1-10(2)12-5-7-13(8-6-12)15(20-18)16-14(17)9-19-21(16)11(3)4/h9-13,15,20H,5-8,18H2,1-4H3. The summed E-state index contributed by atoms with van der Waals surface area (Å²) in [7, 11) is 0.